The fourth-order valence-electron chi connectivity index (χ4n) is 4.09. The third kappa shape index (κ3) is 2.61. The molecule has 2 aromatic carbocycles. The Labute approximate surface area is 157 Å². The van der Waals surface area contributed by atoms with Gasteiger partial charge in [0.15, 0.2) is 0 Å². The first-order valence-corrected chi connectivity index (χ1v) is 9.18. The predicted octanol–water partition coefficient (Wildman–Crippen LogP) is 4.35. The van der Waals surface area contributed by atoms with Crippen LogP contribution in [0.15, 0.2) is 79.1 Å². The van der Waals surface area contributed by atoms with E-state index in [1.54, 1.807) is 6.20 Å². The van der Waals surface area contributed by atoms with Crippen molar-refractivity contribution >= 4 is 16.8 Å². The highest BCUT2D eigenvalue weighted by Crippen LogP contribution is 2.38. The van der Waals surface area contributed by atoms with Crippen LogP contribution in [0.4, 0.5) is 0 Å². The van der Waals surface area contributed by atoms with Crippen LogP contribution in [0.5, 0.6) is 0 Å². The number of benzene rings is 2. The van der Waals surface area contributed by atoms with E-state index < -0.39 is 0 Å². The highest BCUT2D eigenvalue weighted by Gasteiger charge is 2.34. The van der Waals surface area contributed by atoms with Gasteiger partial charge in [0.25, 0.3) is 5.91 Å². The molecule has 2 aromatic heterocycles. The lowest BCUT2D eigenvalue weighted by Crippen LogP contribution is -2.40. The molecule has 1 aliphatic heterocycles. The van der Waals surface area contributed by atoms with Crippen LogP contribution >= 0.6 is 0 Å². The molecule has 0 saturated heterocycles. The molecule has 0 bridgehead atoms. The lowest BCUT2D eigenvalue weighted by Gasteiger charge is -2.36. The second-order valence-electron chi connectivity index (χ2n) is 6.87. The van der Waals surface area contributed by atoms with Crippen molar-refractivity contribution in [3.05, 3.63) is 102 Å². The normalized spacial score (nSPS) is 16.3. The maximum absolute atomic E-state index is 13.3. The number of nitrogens with one attached hydrogen (secondary N) is 1. The minimum absolute atomic E-state index is 0.0498. The number of nitrogens with zero attached hydrogens (tertiary/aromatic N) is 2. The smallest absolute Gasteiger partial charge is 0.254 e. The fourth-order valence-corrected chi connectivity index (χ4v) is 4.09. The second-order valence-corrected chi connectivity index (χ2v) is 6.87. The minimum Gasteiger partial charge on any atom is -0.356 e. The zero-order valence-corrected chi connectivity index (χ0v) is 14.8. The van der Waals surface area contributed by atoms with Crippen LogP contribution < -0.4 is 0 Å². The van der Waals surface area contributed by atoms with Crippen molar-refractivity contribution in [3.8, 4) is 0 Å². The largest absolute Gasteiger partial charge is 0.356 e. The molecule has 4 heteroatoms. The Morgan fingerprint density at radius 1 is 1.00 bits per heavy atom. The van der Waals surface area contributed by atoms with E-state index >= 15 is 0 Å². The average Bonchev–Trinajstić information content (AvgIpc) is 3.12. The Balaban J connectivity index is 1.67. The number of fused-ring (bicyclic) bond motifs is 3. The second kappa shape index (κ2) is 6.40. The van der Waals surface area contributed by atoms with Crippen molar-refractivity contribution < 1.29 is 4.79 Å². The molecule has 0 fully saturated rings. The number of aromatic amines is 1. The molecule has 27 heavy (non-hydrogen) atoms. The third-order valence-electron chi connectivity index (χ3n) is 5.32. The third-order valence-corrected chi connectivity index (χ3v) is 5.32. The first-order chi connectivity index (χ1) is 13.3. The van der Waals surface area contributed by atoms with E-state index in [4.69, 9.17) is 0 Å². The molecule has 4 aromatic rings. The highest BCUT2D eigenvalue weighted by atomic mass is 16.2. The molecule has 4 nitrogen and oxygen atoms in total. The molecule has 1 aliphatic rings. The van der Waals surface area contributed by atoms with Crippen molar-refractivity contribution in [1.29, 1.82) is 0 Å². The number of hydrogen-bond acceptors (Lipinski definition) is 2. The van der Waals surface area contributed by atoms with Crippen molar-refractivity contribution in [2.45, 2.75) is 12.5 Å². The van der Waals surface area contributed by atoms with Gasteiger partial charge in [-0.05, 0) is 41.8 Å². The van der Waals surface area contributed by atoms with E-state index in [1.807, 2.05) is 59.6 Å². The van der Waals surface area contributed by atoms with E-state index in [0.29, 0.717) is 12.1 Å². The molecule has 1 N–H and O–H groups in total. The molecule has 3 heterocycles. The highest BCUT2D eigenvalue weighted by molar-refractivity contribution is 5.95. The maximum atomic E-state index is 13.3. The van der Waals surface area contributed by atoms with Crippen LogP contribution in [-0.2, 0) is 6.42 Å². The SMILES string of the molecule is O=C(c1ccccc1)N1CCc2c([nH]c3ccccc23)[C@@H]1c1cccnc1. The Morgan fingerprint density at radius 2 is 1.81 bits per heavy atom. The number of hydrogen-bond donors (Lipinski definition) is 1. The summed E-state index contributed by atoms with van der Waals surface area (Å²) in [6, 6.07) is 21.7. The number of carbonyl (C=O) groups is 1. The van der Waals surface area contributed by atoms with Gasteiger partial charge in [0.1, 0.15) is 0 Å². The van der Waals surface area contributed by atoms with Gasteiger partial charge in [0.2, 0.25) is 0 Å². The standard InChI is InChI=1S/C23H19N3O/c27-23(16-7-2-1-3-8-16)26-14-12-19-18-10-4-5-11-20(18)25-21(19)22(26)17-9-6-13-24-15-17/h1-11,13,15,22,25H,12,14H2/t22-/m0/s1. The molecular formula is C23H19N3O. The maximum Gasteiger partial charge on any atom is 0.254 e. The summed E-state index contributed by atoms with van der Waals surface area (Å²) in [7, 11) is 0. The van der Waals surface area contributed by atoms with Crippen molar-refractivity contribution in [2.75, 3.05) is 6.54 Å². The van der Waals surface area contributed by atoms with Gasteiger partial charge in [0, 0.05) is 41.1 Å². The van der Waals surface area contributed by atoms with Gasteiger partial charge in [-0.25, -0.2) is 0 Å². The van der Waals surface area contributed by atoms with Gasteiger partial charge < -0.3 is 9.88 Å². The van der Waals surface area contributed by atoms with Crippen LogP contribution in [-0.4, -0.2) is 27.3 Å². The van der Waals surface area contributed by atoms with Crippen LogP contribution in [0.3, 0.4) is 0 Å². The molecule has 0 aliphatic carbocycles. The number of rotatable bonds is 2. The van der Waals surface area contributed by atoms with Crippen LogP contribution in [0, 0.1) is 0 Å². The van der Waals surface area contributed by atoms with Crippen molar-refractivity contribution in [3.63, 3.8) is 0 Å². The van der Waals surface area contributed by atoms with Gasteiger partial charge in [0.05, 0.1) is 6.04 Å². The Hall–Kier alpha value is -3.40. The van der Waals surface area contributed by atoms with E-state index in [-0.39, 0.29) is 11.9 Å². The molecule has 0 spiro atoms. The molecule has 0 unspecified atom stereocenters. The van der Waals surface area contributed by atoms with E-state index in [9.17, 15) is 4.79 Å². The van der Waals surface area contributed by atoms with Gasteiger partial charge in [-0.3, -0.25) is 9.78 Å². The summed E-state index contributed by atoms with van der Waals surface area (Å²) >= 11 is 0. The molecule has 0 radical (unpaired) electrons. The molecule has 1 amide bonds. The number of aromatic nitrogens is 2. The Morgan fingerprint density at radius 3 is 2.63 bits per heavy atom. The summed E-state index contributed by atoms with van der Waals surface area (Å²) in [5, 5.41) is 1.24. The van der Waals surface area contributed by atoms with Crippen LogP contribution in [0.2, 0.25) is 0 Å². The van der Waals surface area contributed by atoms with Crippen LogP contribution in [0.25, 0.3) is 10.9 Å². The Bertz CT molecular complexity index is 1100. The van der Waals surface area contributed by atoms with Gasteiger partial charge in [-0.2, -0.15) is 0 Å². The summed E-state index contributed by atoms with van der Waals surface area (Å²) in [5.41, 5.74) is 5.25. The zero-order chi connectivity index (χ0) is 18.2. The molecule has 0 saturated carbocycles. The molecule has 132 valence electrons. The summed E-state index contributed by atoms with van der Waals surface area (Å²) in [4.78, 5) is 23.1. The Kier molecular flexibility index (Phi) is 3.75. The summed E-state index contributed by atoms with van der Waals surface area (Å²) < 4.78 is 0. The topological polar surface area (TPSA) is 49.0 Å². The molecule has 5 rings (SSSR count). The number of H-pyrrole nitrogens is 1. The summed E-state index contributed by atoms with van der Waals surface area (Å²) in [6.45, 7) is 0.683. The molecule has 1 atom stereocenters. The monoisotopic (exact) mass is 353 g/mol. The van der Waals surface area contributed by atoms with Gasteiger partial charge >= 0.3 is 0 Å². The fraction of sp³-hybridized carbons (Fsp3) is 0.130. The lowest BCUT2D eigenvalue weighted by molar-refractivity contribution is 0.0692. The lowest BCUT2D eigenvalue weighted by atomic mass is 9.92. The number of pyridine rings is 1. The van der Waals surface area contributed by atoms with E-state index in [2.05, 4.69) is 28.2 Å². The van der Waals surface area contributed by atoms with Crippen molar-refractivity contribution in [2.24, 2.45) is 0 Å². The molecular weight excluding hydrogens is 334 g/mol. The number of para-hydroxylation sites is 1. The number of amides is 1. The summed E-state index contributed by atoms with van der Waals surface area (Å²) in [6.07, 6.45) is 4.47. The first kappa shape index (κ1) is 15.8. The minimum atomic E-state index is -0.164. The van der Waals surface area contributed by atoms with E-state index in [0.717, 1.165) is 23.2 Å². The quantitative estimate of drug-likeness (QED) is 0.582. The van der Waals surface area contributed by atoms with Crippen molar-refractivity contribution in [1.82, 2.24) is 14.9 Å². The van der Waals surface area contributed by atoms with Crippen LogP contribution in [0.1, 0.15) is 33.2 Å². The van der Waals surface area contributed by atoms with Gasteiger partial charge in [-0.1, -0.05) is 42.5 Å². The zero-order valence-electron chi connectivity index (χ0n) is 14.8. The van der Waals surface area contributed by atoms with E-state index in [1.165, 1.54) is 10.9 Å². The number of carbonyl (C=O) groups excluding carboxylic acids is 1. The van der Waals surface area contributed by atoms with Gasteiger partial charge in [-0.15, -0.1) is 0 Å². The average molecular weight is 353 g/mol. The summed E-state index contributed by atoms with van der Waals surface area (Å²) in [5.74, 6) is 0.0498. The predicted molar refractivity (Wildman–Crippen MR) is 106 cm³/mol. The first-order valence-electron chi connectivity index (χ1n) is 9.18.